The number of benzene rings is 2. The number of rotatable bonds is 8. The van der Waals surface area contributed by atoms with Crippen LogP contribution in [0.1, 0.15) is 31.0 Å². The van der Waals surface area contributed by atoms with E-state index in [-0.39, 0.29) is 12.2 Å². The Bertz CT molecular complexity index is 1550. The van der Waals surface area contributed by atoms with E-state index in [1.165, 1.54) is 15.9 Å². The molecule has 1 aromatic heterocycles. The van der Waals surface area contributed by atoms with E-state index in [9.17, 15) is 14.4 Å². The summed E-state index contributed by atoms with van der Waals surface area (Å²) >= 11 is 1.22. The number of thiazole rings is 1. The first-order chi connectivity index (χ1) is 17.7. The molecular formula is C27H27N3O6S. The molecule has 0 saturated carbocycles. The van der Waals surface area contributed by atoms with Crippen LogP contribution >= 0.6 is 11.3 Å². The summed E-state index contributed by atoms with van der Waals surface area (Å²) in [5.41, 5.74) is 2.94. The van der Waals surface area contributed by atoms with E-state index in [1.807, 2.05) is 43.3 Å². The van der Waals surface area contributed by atoms with Crippen molar-refractivity contribution in [2.75, 3.05) is 32.2 Å². The predicted molar refractivity (Wildman–Crippen MR) is 141 cm³/mol. The van der Waals surface area contributed by atoms with Crippen LogP contribution in [0.5, 0.6) is 5.75 Å². The molecule has 0 aliphatic carbocycles. The normalized spacial score (nSPS) is 15.1. The summed E-state index contributed by atoms with van der Waals surface area (Å²) in [4.78, 5) is 44.6. The van der Waals surface area contributed by atoms with Crippen molar-refractivity contribution in [2.45, 2.75) is 19.9 Å². The van der Waals surface area contributed by atoms with E-state index in [0.717, 1.165) is 11.3 Å². The maximum Gasteiger partial charge on any atom is 0.341 e. The summed E-state index contributed by atoms with van der Waals surface area (Å²) in [6, 6.07) is 13.8. The van der Waals surface area contributed by atoms with Crippen LogP contribution in [0.25, 0.3) is 6.08 Å². The number of carbonyl (C=O) groups excluding carboxylic acids is 1. The molecular weight excluding hydrogens is 494 g/mol. The second-order valence-electron chi connectivity index (χ2n) is 8.54. The maximum atomic E-state index is 13.7. The van der Waals surface area contributed by atoms with Crippen molar-refractivity contribution in [2.24, 2.45) is 4.99 Å². The van der Waals surface area contributed by atoms with Gasteiger partial charge in [0.05, 0.1) is 28.5 Å². The fraction of sp³-hybridized carbons (Fsp3) is 0.259. The minimum Gasteiger partial charge on any atom is -0.482 e. The quantitative estimate of drug-likeness (QED) is 0.453. The van der Waals surface area contributed by atoms with Crippen LogP contribution < -0.4 is 24.5 Å². The van der Waals surface area contributed by atoms with Gasteiger partial charge >= 0.3 is 11.9 Å². The molecule has 4 rings (SSSR count). The first-order valence-corrected chi connectivity index (χ1v) is 12.4. The number of nitrogens with zero attached hydrogens (tertiary/aromatic N) is 3. The minimum absolute atomic E-state index is 0.201. The summed E-state index contributed by atoms with van der Waals surface area (Å²) in [6.45, 7) is 3.22. The number of anilines is 1. The number of hydrogen-bond acceptors (Lipinski definition) is 8. The number of aromatic nitrogens is 1. The molecule has 3 aromatic rings. The van der Waals surface area contributed by atoms with Gasteiger partial charge in [-0.25, -0.2) is 14.6 Å². The highest BCUT2D eigenvalue weighted by molar-refractivity contribution is 7.07. The maximum absolute atomic E-state index is 13.7. The van der Waals surface area contributed by atoms with Crippen molar-refractivity contribution in [1.82, 2.24) is 4.57 Å². The van der Waals surface area contributed by atoms with Crippen molar-refractivity contribution in [1.29, 1.82) is 0 Å². The first kappa shape index (κ1) is 25.9. The highest BCUT2D eigenvalue weighted by Crippen LogP contribution is 2.31. The van der Waals surface area contributed by atoms with E-state index >= 15 is 0 Å². The molecule has 0 bridgehead atoms. The fourth-order valence-electron chi connectivity index (χ4n) is 4.05. The van der Waals surface area contributed by atoms with Gasteiger partial charge in [-0.05, 0) is 55.3 Å². The van der Waals surface area contributed by atoms with Crippen LogP contribution in [0.15, 0.2) is 69.6 Å². The number of fused-ring (bicyclic) bond motifs is 1. The van der Waals surface area contributed by atoms with Crippen molar-refractivity contribution in [3.8, 4) is 5.75 Å². The Morgan fingerprint density at radius 2 is 1.92 bits per heavy atom. The van der Waals surface area contributed by atoms with Crippen LogP contribution in [0.2, 0.25) is 0 Å². The van der Waals surface area contributed by atoms with Gasteiger partial charge in [0.25, 0.3) is 5.56 Å². The molecule has 0 spiro atoms. The Morgan fingerprint density at radius 1 is 1.19 bits per heavy atom. The number of esters is 1. The molecule has 37 heavy (non-hydrogen) atoms. The largest absolute Gasteiger partial charge is 0.482 e. The number of allylic oxidation sites excluding steroid dienone is 1. The SMILES string of the molecule is CCOC(=O)C1=C(C)N=c2s/c(=C\c3cccc(OCC(=O)O)c3)c(=O)n2[C@H]1c1ccc(N(C)C)cc1. The smallest absolute Gasteiger partial charge is 0.341 e. The molecule has 2 heterocycles. The Morgan fingerprint density at radius 3 is 2.57 bits per heavy atom. The summed E-state index contributed by atoms with van der Waals surface area (Å²) in [7, 11) is 3.88. The van der Waals surface area contributed by atoms with Gasteiger partial charge in [0.15, 0.2) is 11.4 Å². The van der Waals surface area contributed by atoms with Gasteiger partial charge in [-0.15, -0.1) is 0 Å². The van der Waals surface area contributed by atoms with Gasteiger partial charge < -0.3 is 19.5 Å². The zero-order chi connectivity index (χ0) is 26.7. The number of carboxylic acids is 1. The van der Waals surface area contributed by atoms with E-state index < -0.39 is 24.6 Å². The number of ether oxygens (including phenoxy) is 2. The second kappa shape index (κ2) is 10.8. The lowest BCUT2D eigenvalue weighted by Gasteiger charge is -2.25. The van der Waals surface area contributed by atoms with Gasteiger partial charge in [0.1, 0.15) is 5.75 Å². The van der Waals surface area contributed by atoms with Crippen LogP contribution in [0.4, 0.5) is 5.69 Å². The monoisotopic (exact) mass is 521 g/mol. The molecule has 1 atom stereocenters. The average molecular weight is 522 g/mol. The standard InChI is InChI=1S/C27H27N3O6S/c1-5-35-26(34)23-16(2)28-27-30(24(23)18-9-11-19(12-10-18)29(3)4)25(33)21(37-27)14-17-7-6-8-20(13-17)36-15-22(31)32/h6-14,24H,5,15H2,1-4H3,(H,31,32)/b21-14-/t24-/m0/s1. The van der Waals surface area contributed by atoms with E-state index in [0.29, 0.717) is 31.9 Å². The lowest BCUT2D eigenvalue weighted by atomic mass is 9.95. The molecule has 192 valence electrons. The first-order valence-electron chi connectivity index (χ1n) is 11.6. The van der Waals surface area contributed by atoms with E-state index in [1.54, 1.807) is 44.2 Å². The van der Waals surface area contributed by atoms with Crippen molar-refractivity contribution >= 4 is 35.0 Å². The number of aliphatic carboxylic acids is 1. The molecule has 9 nitrogen and oxygen atoms in total. The van der Waals surface area contributed by atoms with E-state index in [2.05, 4.69) is 4.99 Å². The molecule has 1 aliphatic heterocycles. The molecule has 0 amide bonds. The molecule has 0 saturated heterocycles. The zero-order valence-corrected chi connectivity index (χ0v) is 21.7. The fourth-order valence-corrected chi connectivity index (χ4v) is 5.10. The zero-order valence-electron chi connectivity index (χ0n) is 20.9. The molecule has 1 aliphatic rings. The third-order valence-corrected chi connectivity index (χ3v) is 6.74. The molecule has 10 heteroatoms. The van der Waals surface area contributed by atoms with Crippen LogP contribution in [-0.2, 0) is 14.3 Å². The summed E-state index contributed by atoms with van der Waals surface area (Å²) in [5, 5.41) is 8.86. The van der Waals surface area contributed by atoms with Gasteiger partial charge in [0.2, 0.25) is 0 Å². The molecule has 0 radical (unpaired) electrons. The number of carbonyl (C=O) groups is 2. The van der Waals surface area contributed by atoms with Crippen LogP contribution in [0, 0.1) is 0 Å². The van der Waals surface area contributed by atoms with Gasteiger partial charge in [0, 0.05) is 19.8 Å². The lowest BCUT2D eigenvalue weighted by molar-refractivity contribution is -0.140. The Hall–Kier alpha value is -4.18. The highest BCUT2D eigenvalue weighted by atomic mass is 32.1. The summed E-state index contributed by atoms with van der Waals surface area (Å²) in [5.74, 6) is -1.21. The molecule has 2 aromatic carbocycles. The third-order valence-electron chi connectivity index (χ3n) is 5.76. The van der Waals surface area contributed by atoms with Crippen molar-refractivity contribution in [3.05, 3.63) is 90.6 Å². The van der Waals surface area contributed by atoms with Crippen LogP contribution in [-0.4, -0.2) is 48.9 Å². The van der Waals surface area contributed by atoms with Crippen molar-refractivity contribution in [3.63, 3.8) is 0 Å². The van der Waals surface area contributed by atoms with E-state index in [4.69, 9.17) is 14.6 Å². The Balaban J connectivity index is 1.85. The molecule has 1 N–H and O–H groups in total. The number of carboxylic acid groups (broad SMARTS) is 1. The van der Waals surface area contributed by atoms with Crippen molar-refractivity contribution < 1.29 is 24.2 Å². The third kappa shape index (κ3) is 5.49. The number of hydrogen-bond donors (Lipinski definition) is 1. The van der Waals surface area contributed by atoms with Gasteiger partial charge in [-0.1, -0.05) is 35.6 Å². The second-order valence-corrected chi connectivity index (χ2v) is 9.55. The summed E-state index contributed by atoms with van der Waals surface area (Å²) in [6.07, 6.45) is 1.70. The highest BCUT2D eigenvalue weighted by Gasteiger charge is 2.33. The van der Waals surface area contributed by atoms with Crippen LogP contribution in [0.3, 0.4) is 0 Å². The minimum atomic E-state index is -1.08. The molecule has 0 unspecified atom stereocenters. The average Bonchev–Trinajstić information content (AvgIpc) is 3.16. The topological polar surface area (TPSA) is 110 Å². The summed E-state index contributed by atoms with van der Waals surface area (Å²) < 4.78 is 12.5. The van der Waals surface area contributed by atoms with Gasteiger partial charge in [-0.3, -0.25) is 9.36 Å². The predicted octanol–water partition coefficient (Wildman–Crippen LogP) is 2.33. The Kier molecular flexibility index (Phi) is 7.58. The Labute approximate surface area is 217 Å². The lowest BCUT2D eigenvalue weighted by Crippen LogP contribution is -2.39. The van der Waals surface area contributed by atoms with Gasteiger partial charge in [-0.2, -0.15) is 0 Å². The molecule has 0 fully saturated rings.